The molecule has 1 nitrogen and oxygen atoms in total. The molecule has 3 heteroatoms. The van der Waals surface area contributed by atoms with Gasteiger partial charge in [-0.05, 0) is 50.6 Å². The average Bonchev–Trinajstić information content (AvgIpc) is 2.25. The summed E-state index contributed by atoms with van der Waals surface area (Å²) in [5, 5.41) is 8.88. The summed E-state index contributed by atoms with van der Waals surface area (Å²) in [6, 6.07) is 10.7. The molecule has 0 atom stereocenters. The van der Waals surface area contributed by atoms with Crippen molar-refractivity contribution in [2.75, 3.05) is 5.75 Å². The van der Waals surface area contributed by atoms with Gasteiger partial charge in [0.1, 0.15) is 0 Å². The van der Waals surface area contributed by atoms with E-state index in [1.54, 1.807) is 0 Å². The van der Waals surface area contributed by atoms with Crippen LogP contribution in [0.2, 0.25) is 0 Å². The topological polar surface area (TPSA) is 23.8 Å². The van der Waals surface area contributed by atoms with Gasteiger partial charge < -0.3 is 0 Å². The maximum atomic E-state index is 8.88. The second kappa shape index (κ2) is 6.32. The molecule has 16 heavy (non-hydrogen) atoms. The van der Waals surface area contributed by atoms with E-state index in [1.165, 1.54) is 4.90 Å². The molecule has 0 fully saturated rings. The van der Waals surface area contributed by atoms with Crippen molar-refractivity contribution in [3.8, 4) is 6.07 Å². The lowest BCUT2D eigenvalue weighted by Gasteiger charge is -2.13. The highest BCUT2D eigenvalue weighted by Gasteiger charge is 2.15. The number of nitrogens with zero attached hydrogens (tertiary/aromatic N) is 1. The minimum Gasteiger partial charge on any atom is -0.198 e. The monoisotopic (exact) mass is 297 g/mol. The molecular weight excluding hydrogens is 282 g/mol. The summed E-state index contributed by atoms with van der Waals surface area (Å²) < 4.78 is 1.12. The van der Waals surface area contributed by atoms with Crippen LogP contribution in [0.1, 0.15) is 26.7 Å². The first kappa shape index (κ1) is 13.6. The fraction of sp³-hybridized carbons (Fsp3) is 0.462. The first-order chi connectivity index (χ1) is 7.53. The van der Waals surface area contributed by atoms with Gasteiger partial charge in [-0.15, -0.1) is 11.8 Å². The van der Waals surface area contributed by atoms with Crippen molar-refractivity contribution in [2.45, 2.75) is 31.6 Å². The Bertz CT molecular complexity index is 382. The normalized spacial score (nSPS) is 11.1. The van der Waals surface area contributed by atoms with Gasteiger partial charge in [0.15, 0.2) is 0 Å². The Morgan fingerprint density at radius 1 is 1.44 bits per heavy atom. The second-order valence-electron chi connectivity index (χ2n) is 4.41. The van der Waals surface area contributed by atoms with Gasteiger partial charge in [0, 0.05) is 9.37 Å². The lowest BCUT2D eigenvalue weighted by atomic mass is 9.90. The van der Waals surface area contributed by atoms with Crippen LogP contribution < -0.4 is 0 Å². The molecule has 0 radical (unpaired) electrons. The molecule has 0 aliphatic carbocycles. The van der Waals surface area contributed by atoms with E-state index in [0.29, 0.717) is 0 Å². The molecule has 0 saturated heterocycles. The molecule has 0 aliphatic heterocycles. The largest absolute Gasteiger partial charge is 0.198 e. The summed E-state index contributed by atoms with van der Waals surface area (Å²) in [6.45, 7) is 3.99. The van der Waals surface area contributed by atoms with E-state index in [9.17, 15) is 0 Å². The van der Waals surface area contributed by atoms with Crippen LogP contribution >= 0.6 is 27.7 Å². The summed E-state index contributed by atoms with van der Waals surface area (Å²) in [5.41, 5.74) is -0.183. The van der Waals surface area contributed by atoms with Crippen molar-refractivity contribution >= 4 is 27.7 Å². The van der Waals surface area contributed by atoms with E-state index >= 15 is 0 Å². The highest BCUT2D eigenvalue weighted by Crippen LogP contribution is 2.26. The summed E-state index contributed by atoms with van der Waals surface area (Å²) >= 11 is 5.30. The molecule has 0 aliphatic rings. The maximum absolute atomic E-state index is 8.88. The predicted octanol–water partition coefficient (Wildman–Crippen LogP) is 4.87. The molecule has 1 aromatic carbocycles. The van der Waals surface area contributed by atoms with Crippen molar-refractivity contribution in [1.82, 2.24) is 0 Å². The van der Waals surface area contributed by atoms with Crippen molar-refractivity contribution in [3.05, 3.63) is 28.7 Å². The molecule has 0 amide bonds. The van der Waals surface area contributed by atoms with E-state index in [1.807, 2.05) is 37.7 Å². The molecular formula is C13H16BrNS. The van der Waals surface area contributed by atoms with Crippen LogP contribution in [-0.2, 0) is 0 Å². The van der Waals surface area contributed by atoms with E-state index in [-0.39, 0.29) is 5.41 Å². The van der Waals surface area contributed by atoms with E-state index < -0.39 is 0 Å². The Hall–Kier alpha value is -0.460. The average molecular weight is 298 g/mol. The van der Waals surface area contributed by atoms with Gasteiger partial charge in [0.05, 0.1) is 11.5 Å². The number of hydrogen-bond acceptors (Lipinski definition) is 2. The van der Waals surface area contributed by atoms with Crippen LogP contribution in [0.3, 0.4) is 0 Å². The van der Waals surface area contributed by atoms with Crippen LogP contribution in [0.5, 0.6) is 0 Å². The van der Waals surface area contributed by atoms with Gasteiger partial charge in [-0.3, -0.25) is 0 Å². The highest BCUT2D eigenvalue weighted by molar-refractivity contribution is 9.10. The fourth-order valence-corrected chi connectivity index (χ4v) is 2.78. The Balaban J connectivity index is 2.29. The molecule has 0 bridgehead atoms. The first-order valence-electron chi connectivity index (χ1n) is 5.33. The first-order valence-corrected chi connectivity index (χ1v) is 7.11. The minimum atomic E-state index is -0.183. The van der Waals surface area contributed by atoms with E-state index in [2.05, 4.69) is 34.1 Å². The molecule has 0 saturated carbocycles. The molecule has 0 spiro atoms. The van der Waals surface area contributed by atoms with Crippen LogP contribution in [0.25, 0.3) is 0 Å². The fourth-order valence-electron chi connectivity index (χ4n) is 1.32. The zero-order chi connectivity index (χ0) is 12.0. The van der Waals surface area contributed by atoms with Gasteiger partial charge in [-0.2, -0.15) is 5.26 Å². The number of nitriles is 1. The number of benzene rings is 1. The van der Waals surface area contributed by atoms with E-state index in [0.717, 1.165) is 23.1 Å². The molecule has 0 N–H and O–H groups in total. The van der Waals surface area contributed by atoms with Crippen LogP contribution in [-0.4, -0.2) is 5.75 Å². The van der Waals surface area contributed by atoms with Crippen molar-refractivity contribution in [3.63, 3.8) is 0 Å². The van der Waals surface area contributed by atoms with Crippen LogP contribution in [0.4, 0.5) is 0 Å². The van der Waals surface area contributed by atoms with Gasteiger partial charge in [0.25, 0.3) is 0 Å². The van der Waals surface area contributed by atoms with Gasteiger partial charge in [-0.25, -0.2) is 0 Å². The van der Waals surface area contributed by atoms with Gasteiger partial charge in [0.2, 0.25) is 0 Å². The third kappa shape index (κ3) is 5.05. The highest BCUT2D eigenvalue weighted by atomic mass is 79.9. The predicted molar refractivity (Wildman–Crippen MR) is 73.5 cm³/mol. The minimum absolute atomic E-state index is 0.183. The molecule has 0 heterocycles. The number of halogens is 1. The maximum Gasteiger partial charge on any atom is 0.0683 e. The lowest BCUT2D eigenvalue weighted by Crippen LogP contribution is -2.07. The molecule has 1 aromatic rings. The smallest absolute Gasteiger partial charge is 0.0683 e. The standard InChI is InChI=1S/C13H16BrNS/c1-13(2,10-15)7-4-8-16-12-6-3-5-11(14)9-12/h3,5-6,9H,4,7-8H2,1-2H3. The van der Waals surface area contributed by atoms with Crippen LogP contribution in [0, 0.1) is 16.7 Å². The molecule has 0 unspecified atom stereocenters. The van der Waals surface area contributed by atoms with Crippen LogP contribution in [0.15, 0.2) is 33.6 Å². The Kier molecular flexibility index (Phi) is 5.37. The number of hydrogen-bond donors (Lipinski definition) is 0. The Morgan fingerprint density at radius 3 is 2.81 bits per heavy atom. The second-order valence-corrected chi connectivity index (χ2v) is 6.49. The van der Waals surface area contributed by atoms with E-state index in [4.69, 9.17) is 5.26 Å². The number of thioether (sulfide) groups is 1. The third-order valence-electron chi connectivity index (χ3n) is 2.31. The molecule has 1 rings (SSSR count). The Morgan fingerprint density at radius 2 is 2.19 bits per heavy atom. The van der Waals surface area contributed by atoms with Crippen molar-refractivity contribution in [1.29, 1.82) is 5.26 Å². The summed E-state index contributed by atoms with van der Waals surface area (Å²) in [5.74, 6) is 1.07. The zero-order valence-corrected chi connectivity index (χ0v) is 12.1. The summed E-state index contributed by atoms with van der Waals surface area (Å²) in [7, 11) is 0. The lowest BCUT2D eigenvalue weighted by molar-refractivity contribution is 0.448. The molecule has 0 aromatic heterocycles. The van der Waals surface area contributed by atoms with Gasteiger partial charge in [-0.1, -0.05) is 22.0 Å². The van der Waals surface area contributed by atoms with Crippen molar-refractivity contribution in [2.24, 2.45) is 5.41 Å². The SMILES string of the molecule is CC(C)(C#N)CCCSc1cccc(Br)c1. The number of rotatable bonds is 5. The molecule has 86 valence electrons. The third-order valence-corrected chi connectivity index (χ3v) is 3.89. The van der Waals surface area contributed by atoms with Crippen molar-refractivity contribution < 1.29 is 0 Å². The van der Waals surface area contributed by atoms with Gasteiger partial charge >= 0.3 is 0 Å². The quantitative estimate of drug-likeness (QED) is 0.572. The Labute approximate surface area is 110 Å². The summed E-state index contributed by atoms with van der Waals surface area (Å²) in [6.07, 6.45) is 2.04. The summed E-state index contributed by atoms with van der Waals surface area (Å²) in [4.78, 5) is 1.28. The zero-order valence-electron chi connectivity index (χ0n) is 9.66.